The second kappa shape index (κ2) is 6.60. The summed E-state index contributed by atoms with van der Waals surface area (Å²) in [4.78, 5) is 4.52. The molecule has 1 nitrogen and oxygen atoms in total. The summed E-state index contributed by atoms with van der Waals surface area (Å²) in [6.07, 6.45) is 8.13. The molecule has 1 heteroatoms. The topological polar surface area (TPSA) is 12.9 Å². The van der Waals surface area contributed by atoms with Crippen LogP contribution in [-0.2, 0) is 12.8 Å². The zero-order valence-electron chi connectivity index (χ0n) is 10.3. The maximum absolute atomic E-state index is 4.52. The zero-order chi connectivity index (χ0) is 11.1. The van der Waals surface area contributed by atoms with Gasteiger partial charge in [-0.05, 0) is 30.4 Å². The smallest absolute Gasteiger partial charge is 0.0406 e. The van der Waals surface area contributed by atoms with Crippen molar-refractivity contribution in [1.82, 2.24) is 4.98 Å². The van der Waals surface area contributed by atoms with Crippen LogP contribution in [0.2, 0.25) is 0 Å². The van der Waals surface area contributed by atoms with E-state index in [-0.39, 0.29) is 0 Å². The largest absolute Gasteiger partial charge is 0.261 e. The van der Waals surface area contributed by atoms with Gasteiger partial charge in [0.15, 0.2) is 0 Å². The molecule has 1 aromatic rings. The van der Waals surface area contributed by atoms with Gasteiger partial charge >= 0.3 is 0 Å². The molecule has 1 atom stereocenters. The molecule has 0 fully saturated rings. The van der Waals surface area contributed by atoms with Crippen LogP contribution < -0.4 is 0 Å². The highest BCUT2D eigenvalue weighted by Crippen LogP contribution is 2.16. The number of hydrogen-bond acceptors (Lipinski definition) is 1. The van der Waals surface area contributed by atoms with Crippen molar-refractivity contribution in [3.63, 3.8) is 0 Å². The fourth-order valence-electron chi connectivity index (χ4n) is 1.94. The van der Waals surface area contributed by atoms with Gasteiger partial charge in [0.1, 0.15) is 0 Å². The number of aromatic nitrogens is 1. The molecule has 0 amide bonds. The fourth-order valence-corrected chi connectivity index (χ4v) is 1.94. The van der Waals surface area contributed by atoms with E-state index in [2.05, 4.69) is 37.9 Å². The van der Waals surface area contributed by atoms with Gasteiger partial charge in [-0.3, -0.25) is 4.98 Å². The Morgan fingerprint density at radius 3 is 2.47 bits per heavy atom. The van der Waals surface area contributed by atoms with Crippen LogP contribution in [0.1, 0.15) is 51.3 Å². The molecule has 0 aliphatic heterocycles. The summed E-state index contributed by atoms with van der Waals surface area (Å²) in [6.45, 7) is 6.71. The minimum absolute atomic E-state index is 0.815. The van der Waals surface area contributed by atoms with E-state index in [4.69, 9.17) is 0 Å². The summed E-state index contributed by atoms with van der Waals surface area (Å²) in [6, 6.07) is 4.40. The van der Waals surface area contributed by atoms with Crippen LogP contribution in [0.5, 0.6) is 0 Å². The SMILES string of the molecule is CCCC(CC)Cc1ccc(CC)cn1. The Hall–Kier alpha value is -0.850. The number of hydrogen-bond donors (Lipinski definition) is 0. The summed E-state index contributed by atoms with van der Waals surface area (Å²) in [5.74, 6) is 0.815. The van der Waals surface area contributed by atoms with Crippen LogP contribution in [0.3, 0.4) is 0 Å². The molecule has 0 aliphatic rings. The Bertz CT molecular complexity index is 263. The van der Waals surface area contributed by atoms with Crippen molar-refractivity contribution >= 4 is 0 Å². The standard InChI is InChI=1S/C14H23N/c1-4-7-12(5-2)10-14-9-8-13(6-3)11-15-14/h8-9,11-12H,4-7,10H2,1-3H3. The number of pyridine rings is 1. The second-order valence-corrected chi connectivity index (χ2v) is 4.28. The first kappa shape index (κ1) is 12.2. The average Bonchev–Trinajstić information content (AvgIpc) is 2.29. The first-order valence-corrected chi connectivity index (χ1v) is 6.23. The molecule has 0 aromatic carbocycles. The first-order valence-electron chi connectivity index (χ1n) is 6.23. The Morgan fingerprint density at radius 1 is 1.20 bits per heavy atom. The summed E-state index contributed by atoms with van der Waals surface area (Å²) < 4.78 is 0. The quantitative estimate of drug-likeness (QED) is 0.683. The van der Waals surface area contributed by atoms with E-state index in [1.807, 2.05) is 6.20 Å². The molecule has 1 unspecified atom stereocenters. The second-order valence-electron chi connectivity index (χ2n) is 4.28. The number of rotatable bonds is 6. The van der Waals surface area contributed by atoms with E-state index in [1.165, 1.54) is 30.5 Å². The molecule has 0 N–H and O–H groups in total. The van der Waals surface area contributed by atoms with Gasteiger partial charge in [0.05, 0.1) is 0 Å². The Kier molecular flexibility index (Phi) is 5.38. The highest BCUT2D eigenvalue weighted by Gasteiger charge is 2.06. The third-order valence-electron chi connectivity index (χ3n) is 3.07. The van der Waals surface area contributed by atoms with E-state index in [1.54, 1.807) is 0 Å². The van der Waals surface area contributed by atoms with E-state index >= 15 is 0 Å². The molecule has 15 heavy (non-hydrogen) atoms. The molecule has 84 valence electrons. The van der Waals surface area contributed by atoms with E-state index in [9.17, 15) is 0 Å². The van der Waals surface area contributed by atoms with Gasteiger partial charge in [-0.25, -0.2) is 0 Å². The fraction of sp³-hybridized carbons (Fsp3) is 0.643. The van der Waals surface area contributed by atoms with Gasteiger partial charge in [-0.2, -0.15) is 0 Å². The molecule has 0 radical (unpaired) electrons. The summed E-state index contributed by atoms with van der Waals surface area (Å²) in [5, 5.41) is 0. The molecule has 0 spiro atoms. The normalized spacial score (nSPS) is 12.7. The number of nitrogens with zero attached hydrogens (tertiary/aromatic N) is 1. The van der Waals surface area contributed by atoms with Crippen molar-refractivity contribution in [3.05, 3.63) is 29.6 Å². The lowest BCUT2D eigenvalue weighted by atomic mass is 9.95. The molecule has 0 bridgehead atoms. The van der Waals surface area contributed by atoms with Gasteiger partial charge in [0.25, 0.3) is 0 Å². The molecule has 0 saturated heterocycles. The molecule has 0 saturated carbocycles. The lowest BCUT2D eigenvalue weighted by Crippen LogP contribution is -2.04. The molecule has 0 aliphatic carbocycles. The predicted molar refractivity (Wildman–Crippen MR) is 66.0 cm³/mol. The van der Waals surface area contributed by atoms with Crippen molar-refractivity contribution in [2.75, 3.05) is 0 Å². The zero-order valence-corrected chi connectivity index (χ0v) is 10.3. The lowest BCUT2D eigenvalue weighted by Gasteiger charge is -2.12. The highest BCUT2D eigenvalue weighted by molar-refractivity contribution is 5.14. The van der Waals surface area contributed by atoms with Crippen LogP contribution in [0.4, 0.5) is 0 Å². The summed E-state index contributed by atoms with van der Waals surface area (Å²) in [5.41, 5.74) is 2.59. The van der Waals surface area contributed by atoms with Crippen molar-refractivity contribution in [2.45, 2.75) is 52.9 Å². The van der Waals surface area contributed by atoms with Gasteiger partial charge in [-0.1, -0.05) is 46.1 Å². The lowest BCUT2D eigenvalue weighted by molar-refractivity contribution is 0.457. The minimum Gasteiger partial charge on any atom is -0.261 e. The average molecular weight is 205 g/mol. The predicted octanol–water partition coefficient (Wildman–Crippen LogP) is 4.01. The Balaban J connectivity index is 2.55. The molecular weight excluding hydrogens is 182 g/mol. The van der Waals surface area contributed by atoms with E-state index < -0.39 is 0 Å². The molecule has 1 aromatic heterocycles. The van der Waals surface area contributed by atoms with E-state index in [0.717, 1.165) is 18.8 Å². The summed E-state index contributed by atoms with van der Waals surface area (Å²) >= 11 is 0. The van der Waals surface area contributed by atoms with Gasteiger partial charge in [-0.15, -0.1) is 0 Å². The van der Waals surface area contributed by atoms with Crippen LogP contribution >= 0.6 is 0 Å². The van der Waals surface area contributed by atoms with Gasteiger partial charge in [0, 0.05) is 11.9 Å². The van der Waals surface area contributed by atoms with Crippen molar-refractivity contribution in [3.8, 4) is 0 Å². The Morgan fingerprint density at radius 2 is 2.00 bits per heavy atom. The van der Waals surface area contributed by atoms with Crippen LogP contribution in [0.25, 0.3) is 0 Å². The number of aryl methyl sites for hydroxylation is 1. The third-order valence-corrected chi connectivity index (χ3v) is 3.07. The minimum atomic E-state index is 0.815. The first-order chi connectivity index (χ1) is 7.30. The van der Waals surface area contributed by atoms with Crippen LogP contribution in [0.15, 0.2) is 18.3 Å². The molecule has 1 heterocycles. The monoisotopic (exact) mass is 205 g/mol. The maximum Gasteiger partial charge on any atom is 0.0406 e. The van der Waals surface area contributed by atoms with Crippen molar-refractivity contribution in [2.24, 2.45) is 5.92 Å². The van der Waals surface area contributed by atoms with Crippen LogP contribution in [-0.4, -0.2) is 4.98 Å². The summed E-state index contributed by atoms with van der Waals surface area (Å²) in [7, 11) is 0. The van der Waals surface area contributed by atoms with Crippen molar-refractivity contribution in [1.29, 1.82) is 0 Å². The molecular formula is C14H23N. The maximum atomic E-state index is 4.52. The van der Waals surface area contributed by atoms with Crippen LogP contribution in [0, 0.1) is 5.92 Å². The highest BCUT2D eigenvalue weighted by atomic mass is 14.7. The van der Waals surface area contributed by atoms with Gasteiger partial charge < -0.3 is 0 Å². The third kappa shape index (κ3) is 4.03. The molecule has 1 rings (SSSR count). The van der Waals surface area contributed by atoms with Crippen molar-refractivity contribution < 1.29 is 0 Å². The van der Waals surface area contributed by atoms with E-state index in [0.29, 0.717) is 0 Å². The Labute approximate surface area is 93.9 Å². The van der Waals surface area contributed by atoms with Gasteiger partial charge in [0.2, 0.25) is 0 Å².